The molecule has 0 aromatic rings. The number of oxime groups is 1. The van der Waals surface area contributed by atoms with Gasteiger partial charge in [-0.1, -0.05) is 24.9 Å². The lowest BCUT2D eigenvalue weighted by molar-refractivity contribution is -0.144. The molecule has 0 aromatic heterocycles. The van der Waals surface area contributed by atoms with E-state index in [2.05, 4.69) is 12.1 Å². The van der Waals surface area contributed by atoms with E-state index < -0.39 is 5.41 Å². The van der Waals surface area contributed by atoms with Crippen LogP contribution in [0.3, 0.4) is 0 Å². The van der Waals surface area contributed by atoms with Crippen molar-refractivity contribution in [3.05, 3.63) is 0 Å². The van der Waals surface area contributed by atoms with Crippen molar-refractivity contribution in [2.75, 3.05) is 13.1 Å². The molecule has 5 heteroatoms. The highest BCUT2D eigenvalue weighted by Gasteiger charge is 2.53. The first-order chi connectivity index (χ1) is 8.60. The van der Waals surface area contributed by atoms with Crippen molar-refractivity contribution >= 4 is 11.7 Å². The second-order valence-corrected chi connectivity index (χ2v) is 5.79. The number of carbonyl (C=O) groups excluding carboxylic acids is 1. The van der Waals surface area contributed by atoms with Gasteiger partial charge in [0.25, 0.3) is 0 Å². The van der Waals surface area contributed by atoms with Gasteiger partial charge in [0.05, 0.1) is 0 Å². The molecule has 1 saturated heterocycles. The number of amidine groups is 1. The lowest BCUT2D eigenvalue weighted by Crippen LogP contribution is -2.57. The number of nitrogens with zero attached hydrogens (tertiary/aromatic N) is 2. The highest BCUT2D eigenvalue weighted by Crippen LogP contribution is 2.47. The zero-order valence-corrected chi connectivity index (χ0v) is 11.1. The van der Waals surface area contributed by atoms with Crippen LogP contribution in [0.4, 0.5) is 0 Å². The number of rotatable bonds is 2. The van der Waals surface area contributed by atoms with E-state index in [1.807, 2.05) is 4.90 Å². The van der Waals surface area contributed by atoms with Crippen LogP contribution in [-0.2, 0) is 4.79 Å². The molecule has 1 amide bonds. The van der Waals surface area contributed by atoms with Crippen LogP contribution in [0.25, 0.3) is 0 Å². The van der Waals surface area contributed by atoms with Gasteiger partial charge in [-0.2, -0.15) is 0 Å². The van der Waals surface area contributed by atoms with E-state index in [4.69, 9.17) is 10.9 Å². The predicted octanol–water partition coefficient (Wildman–Crippen LogP) is 1.55. The number of amides is 1. The van der Waals surface area contributed by atoms with Gasteiger partial charge in [-0.3, -0.25) is 4.79 Å². The van der Waals surface area contributed by atoms with Crippen molar-refractivity contribution in [2.24, 2.45) is 22.2 Å². The van der Waals surface area contributed by atoms with Gasteiger partial charge in [0, 0.05) is 13.1 Å². The highest BCUT2D eigenvalue weighted by atomic mass is 16.4. The first kappa shape index (κ1) is 13.2. The first-order valence-electron chi connectivity index (χ1n) is 6.87. The molecule has 2 aliphatic rings. The van der Waals surface area contributed by atoms with Gasteiger partial charge in [0.15, 0.2) is 5.84 Å². The van der Waals surface area contributed by atoms with Gasteiger partial charge in [-0.05, 0) is 31.6 Å². The minimum Gasteiger partial charge on any atom is -0.409 e. The van der Waals surface area contributed by atoms with E-state index >= 15 is 0 Å². The Labute approximate surface area is 108 Å². The predicted molar refractivity (Wildman–Crippen MR) is 69.3 cm³/mol. The molecule has 1 aliphatic carbocycles. The van der Waals surface area contributed by atoms with Gasteiger partial charge in [-0.15, -0.1) is 0 Å². The largest absolute Gasteiger partial charge is 0.409 e. The molecule has 0 atom stereocenters. The normalized spacial score (nSPS) is 33.7. The summed E-state index contributed by atoms with van der Waals surface area (Å²) in [6, 6.07) is 0. The second kappa shape index (κ2) is 5.16. The summed E-state index contributed by atoms with van der Waals surface area (Å²) < 4.78 is 0. The number of likely N-dealkylation sites (tertiary alicyclic amines) is 1. The summed E-state index contributed by atoms with van der Waals surface area (Å²) in [7, 11) is 0. The van der Waals surface area contributed by atoms with Crippen molar-refractivity contribution in [3.63, 3.8) is 0 Å². The van der Waals surface area contributed by atoms with E-state index in [1.165, 1.54) is 12.8 Å². The summed E-state index contributed by atoms with van der Waals surface area (Å²) >= 11 is 0. The average molecular weight is 253 g/mol. The Morgan fingerprint density at radius 3 is 2.28 bits per heavy atom. The molecular weight excluding hydrogens is 230 g/mol. The summed E-state index contributed by atoms with van der Waals surface area (Å²) in [5.41, 5.74) is 5.05. The maximum absolute atomic E-state index is 12.7. The molecule has 0 unspecified atom stereocenters. The van der Waals surface area contributed by atoms with Crippen molar-refractivity contribution in [1.29, 1.82) is 0 Å². The highest BCUT2D eigenvalue weighted by molar-refractivity contribution is 6.07. The fourth-order valence-corrected chi connectivity index (χ4v) is 3.30. The molecule has 5 nitrogen and oxygen atoms in total. The summed E-state index contributed by atoms with van der Waals surface area (Å²) in [4.78, 5) is 14.6. The lowest BCUT2D eigenvalue weighted by Gasteiger charge is -2.46. The van der Waals surface area contributed by atoms with Gasteiger partial charge >= 0.3 is 0 Å². The van der Waals surface area contributed by atoms with Crippen LogP contribution in [0.15, 0.2) is 5.16 Å². The molecule has 18 heavy (non-hydrogen) atoms. The van der Waals surface area contributed by atoms with Crippen LogP contribution in [0, 0.1) is 11.3 Å². The van der Waals surface area contributed by atoms with E-state index in [9.17, 15) is 4.79 Å². The van der Waals surface area contributed by atoms with Crippen molar-refractivity contribution in [1.82, 2.24) is 4.90 Å². The third-order valence-electron chi connectivity index (χ3n) is 4.29. The Morgan fingerprint density at radius 1 is 1.28 bits per heavy atom. The van der Waals surface area contributed by atoms with Crippen LogP contribution in [0.5, 0.6) is 0 Å². The smallest absolute Gasteiger partial charge is 0.236 e. The third kappa shape index (κ3) is 2.18. The molecule has 2 fully saturated rings. The second-order valence-electron chi connectivity index (χ2n) is 5.79. The molecule has 102 valence electrons. The molecule has 1 aliphatic heterocycles. The molecule has 0 aromatic carbocycles. The molecule has 3 N–H and O–H groups in total. The van der Waals surface area contributed by atoms with Crippen molar-refractivity contribution in [2.45, 2.75) is 45.4 Å². The fraction of sp³-hybridized carbons (Fsp3) is 0.846. The molecule has 2 rings (SSSR count). The number of hydrogen-bond donors (Lipinski definition) is 2. The summed E-state index contributed by atoms with van der Waals surface area (Å²) in [6.07, 6.45) is 5.92. The molecule has 1 saturated carbocycles. The minimum atomic E-state index is -0.724. The Kier molecular flexibility index (Phi) is 3.78. The fourth-order valence-electron chi connectivity index (χ4n) is 3.30. The SMILES string of the molecule is CC1CC(C(=O)N2CCCCCC2)(C(N)=NO)C1. The van der Waals surface area contributed by atoms with Crippen LogP contribution in [0.1, 0.15) is 45.4 Å². The number of carbonyl (C=O) groups is 1. The van der Waals surface area contributed by atoms with Crippen LogP contribution in [0.2, 0.25) is 0 Å². The number of hydrogen-bond acceptors (Lipinski definition) is 3. The lowest BCUT2D eigenvalue weighted by atomic mass is 9.61. The Bertz CT molecular complexity index is 340. The molecular formula is C13H23N3O2. The van der Waals surface area contributed by atoms with Crippen LogP contribution >= 0.6 is 0 Å². The van der Waals surface area contributed by atoms with Gasteiger partial charge in [0.2, 0.25) is 5.91 Å². The third-order valence-corrected chi connectivity index (χ3v) is 4.29. The van der Waals surface area contributed by atoms with Crippen LogP contribution < -0.4 is 5.73 Å². The van der Waals surface area contributed by atoms with Gasteiger partial charge < -0.3 is 15.8 Å². The average Bonchev–Trinajstić information content (AvgIpc) is 2.61. The first-order valence-corrected chi connectivity index (χ1v) is 6.87. The Balaban J connectivity index is 2.13. The topological polar surface area (TPSA) is 78.9 Å². The monoisotopic (exact) mass is 253 g/mol. The van der Waals surface area contributed by atoms with Crippen LogP contribution in [-0.4, -0.2) is 34.9 Å². The van der Waals surface area contributed by atoms with Gasteiger partial charge in [0.1, 0.15) is 5.41 Å². The van der Waals surface area contributed by atoms with Crippen molar-refractivity contribution < 1.29 is 10.0 Å². The van der Waals surface area contributed by atoms with E-state index in [0.29, 0.717) is 18.8 Å². The standard InChI is InChI=1S/C13H23N3O2/c1-10-8-13(9-10,11(14)15-18)12(17)16-6-4-2-3-5-7-16/h10,18H,2-9H2,1H3,(H2,14,15). The van der Waals surface area contributed by atoms with E-state index in [-0.39, 0.29) is 11.7 Å². The molecule has 0 radical (unpaired) electrons. The molecule has 1 heterocycles. The minimum absolute atomic E-state index is 0.0674. The molecule has 0 bridgehead atoms. The van der Waals surface area contributed by atoms with Gasteiger partial charge in [-0.25, -0.2) is 0 Å². The zero-order chi connectivity index (χ0) is 13.2. The number of nitrogens with two attached hydrogens (primary N) is 1. The van der Waals surface area contributed by atoms with Crippen molar-refractivity contribution in [3.8, 4) is 0 Å². The maximum atomic E-state index is 12.7. The maximum Gasteiger partial charge on any atom is 0.236 e. The van der Waals surface area contributed by atoms with E-state index in [1.54, 1.807) is 0 Å². The Morgan fingerprint density at radius 2 is 1.83 bits per heavy atom. The zero-order valence-electron chi connectivity index (χ0n) is 11.1. The Hall–Kier alpha value is -1.26. The molecule has 0 spiro atoms. The quantitative estimate of drug-likeness (QED) is 0.339. The summed E-state index contributed by atoms with van der Waals surface area (Å²) in [5.74, 6) is 0.633. The summed E-state index contributed by atoms with van der Waals surface area (Å²) in [6.45, 7) is 3.72. The van der Waals surface area contributed by atoms with E-state index in [0.717, 1.165) is 25.9 Å². The summed E-state index contributed by atoms with van der Waals surface area (Å²) in [5, 5.41) is 12.0.